The first-order valence-corrected chi connectivity index (χ1v) is 8.03. The number of hydrogen-bond acceptors (Lipinski definition) is 4. The molecule has 0 aliphatic rings. The van der Waals surface area contributed by atoms with Crippen LogP contribution in [0.5, 0.6) is 11.5 Å². The zero-order valence-corrected chi connectivity index (χ0v) is 14.0. The van der Waals surface area contributed by atoms with E-state index in [0.717, 1.165) is 12.1 Å². The Bertz CT molecular complexity index is 791. The van der Waals surface area contributed by atoms with E-state index >= 15 is 0 Å². The minimum absolute atomic E-state index is 0.228. The predicted molar refractivity (Wildman–Crippen MR) is 86.4 cm³/mol. The van der Waals surface area contributed by atoms with Crippen LogP contribution in [0, 0.1) is 0 Å². The zero-order chi connectivity index (χ0) is 18.6. The third-order valence-corrected chi connectivity index (χ3v) is 4.31. The lowest BCUT2D eigenvalue weighted by Crippen LogP contribution is -2.16. The summed E-state index contributed by atoms with van der Waals surface area (Å²) in [4.78, 5) is 11.9. The van der Waals surface area contributed by atoms with Gasteiger partial charge in [-0.1, -0.05) is 0 Å². The summed E-state index contributed by atoms with van der Waals surface area (Å²) in [6.45, 7) is 0. The summed E-state index contributed by atoms with van der Waals surface area (Å²) < 4.78 is 58.7. The molecule has 1 amide bonds. The van der Waals surface area contributed by atoms with Crippen molar-refractivity contribution in [1.29, 1.82) is 0 Å². The highest BCUT2D eigenvalue weighted by molar-refractivity contribution is 7.86. The molecule has 0 fully saturated rings. The number of anilines is 1. The molecule has 0 radical (unpaired) electrons. The van der Waals surface area contributed by atoms with Gasteiger partial charge in [-0.2, -0.15) is 13.2 Å². The van der Waals surface area contributed by atoms with Gasteiger partial charge in [0.2, 0.25) is 0 Å². The molecule has 2 rings (SSSR count). The second kappa shape index (κ2) is 7.56. The van der Waals surface area contributed by atoms with Crippen LogP contribution in [0.15, 0.2) is 47.4 Å². The van der Waals surface area contributed by atoms with E-state index in [4.69, 9.17) is 9.47 Å². The fraction of sp³-hybridized carbons (Fsp3) is 0.188. The molecule has 0 heterocycles. The molecule has 134 valence electrons. The summed E-state index contributed by atoms with van der Waals surface area (Å²) in [5.41, 5.74) is -4.35. The molecule has 0 saturated heterocycles. The van der Waals surface area contributed by atoms with E-state index in [-0.39, 0.29) is 17.0 Å². The Hall–Kier alpha value is -2.55. The summed E-state index contributed by atoms with van der Waals surface area (Å²) in [5, 5.41) is 2.54. The lowest BCUT2D eigenvalue weighted by atomic mass is 10.1. The first-order valence-electron chi connectivity index (χ1n) is 6.88. The number of nitrogens with one attached hydrogen (secondary N) is 1. The molecule has 0 bridgehead atoms. The molecule has 0 aliphatic heterocycles. The van der Waals surface area contributed by atoms with Gasteiger partial charge in [-0.3, -0.25) is 4.79 Å². The number of benzene rings is 2. The Labute approximate surface area is 144 Å². The smallest absolute Gasteiger partial charge is 0.475 e. The number of rotatable bonds is 5. The van der Waals surface area contributed by atoms with Crippen LogP contribution in [0.2, 0.25) is 0 Å². The van der Waals surface area contributed by atoms with E-state index in [0.29, 0.717) is 5.75 Å². The molecule has 0 spiro atoms. The molecular weight excluding hydrogens is 359 g/mol. The Balaban J connectivity index is 2.17. The molecule has 5 nitrogen and oxygen atoms in total. The third-order valence-electron chi connectivity index (χ3n) is 3.19. The van der Waals surface area contributed by atoms with Crippen LogP contribution in [0.4, 0.5) is 18.9 Å². The Morgan fingerprint density at radius 1 is 1.04 bits per heavy atom. The van der Waals surface area contributed by atoms with Crippen LogP contribution in [-0.4, -0.2) is 29.8 Å². The van der Waals surface area contributed by atoms with Gasteiger partial charge in [-0.15, -0.1) is 0 Å². The average Bonchev–Trinajstić information content (AvgIpc) is 2.60. The maximum absolute atomic E-state index is 12.4. The number of alkyl halides is 3. The van der Waals surface area contributed by atoms with Crippen molar-refractivity contribution in [2.24, 2.45) is 0 Å². The molecule has 0 aliphatic carbocycles. The number of ether oxygens (including phenoxy) is 2. The van der Waals surface area contributed by atoms with Crippen molar-refractivity contribution >= 4 is 22.4 Å². The van der Waals surface area contributed by atoms with Crippen molar-refractivity contribution in [2.75, 3.05) is 19.5 Å². The van der Waals surface area contributed by atoms with E-state index in [2.05, 4.69) is 5.32 Å². The number of halogens is 3. The van der Waals surface area contributed by atoms with Crippen LogP contribution in [0.1, 0.15) is 10.4 Å². The average molecular weight is 373 g/mol. The fourth-order valence-corrected chi connectivity index (χ4v) is 2.63. The van der Waals surface area contributed by atoms with Gasteiger partial charge >= 0.3 is 5.51 Å². The summed E-state index contributed by atoms with van der Waals surface area (Å²) in [6, 6.07) is 9.19. The zero-order valence-electron chi connectivity index (χ0n) is 13.2. The molecule has 25 heavy (non-hydrogen) atoms. The third kappa shape index (κ3) is 4.50. The lowest BCUT2D eigenvalue weighted by Gasteiger charge is -2.11. The van der Waals surface area contributed by atoms with E-state index in [9.17, 15) is 22.2 Å². The van der Waals surface area contributed by atoms with Crippen LogP contribution in [0.3, 0.4) is 0 Å². The summed E-state index contributed by atoms with van der Waals surface area (Å²) >= 11 is 0. The molecule has 0 unspecified atom stereocenters. The first-order chi connectivity index (χ1) is 11.8. The number of amides is 1. The quantitative estimate of drug-likeness (QED) is 0.870. The minimum Gasteiger partial charge on any atom is -0.497 e. The monoisotopic (exact) mass is 373 g/mol. The van der Waals surface area contributed by atoms with E-state index in [1.807, 2.05) is 0 Å². The van der Waals surface area contributed by atoms with Gasteiger partial charge in [0.05, 0.1) is 19.8 Å². The van der Waals surface area contributed by atoms with Gasteiger partial charge in [0.25, 0.3) is 5.91 Å². The maximum Gasteiger partial charge on any atom is 0.475 e. The lowest BCUT2D eigenvalue weighted by molar-refractivity contribution is -0.0384. The van der Waals surface area contributed by atoms with Crippen molar-refractivity contribution in [3.8, 4) is 11.5 Å². The fourth-order valence-electron chi connectivity index (χ4n) is 1.98. The van der Waals surface area contributed by atoms with Crippen LogP contribution in [-0.2, 0) is 10.8 Å². The molecular formula is C16H14F3NO4S. The minimum atomic E-state index is -4.83. The second-order valence-electron chi connectivity index (χ2n) is 4.76. The molecule has 1 N–H and O–H groups in total. The molecule has 2 aromatic rings. The van der Waals surface area contributed by atoms with Crippen LogP contribution in [0.25, 0.3) is 0 Å². The number of carbonyl (C=O) groups excluding carboxylic acids is 1. The number of carbonyl (C=O) groups is 1. The second-order valence-corrected chi connectivity index (χ2v) is 6.23. The van der Waals surface area contributed by atoms with Crippen molar-refractivity contribution in [2.45, 2.75) is 10.4 Å². The summed E-state index contributed by atoms with van der Waals surface area (Å²) in [6.07, 6.45) is 0. The largest absolute Gasteiger partial charge is 0.497 e. The van der Waals surface area contributed by atoms with E-state index < -0.39 is 27.1 Å². The maximum atomic E-state index is 12.4. The van der Waals surface area contributed by atoms with Crippen LogP contribution < -0.4 is 14.8 Å². The van der Waals surface area contributed by atoms with Gasteiger partial charge in [0.15, 0.2) is 10.8 Å². The highest BCUT2D eigenvalue weighted by Gasteiger charge is 2.37. The molecule has 1 atom stereocenters. The van der Waals surface area contributed by atoms with E-state index in [1.54, 1.807) is 6.07 Å². The Morgan fingerprint density at radius 3 is 2.20 bits per heavy atom. The van der Waals surface area contributed by atoms with Crippen molar-refractivity contribution in [3.63, 3.8) is 0 Å². The molecule has 9 heteroatoms. The van der Waals surface area contributed by atoms with E-state index in [1.165, 1.54) is 38.5 Å². The van der Waals surface area contributed by atoms with Gasteiger partial charge in [0, 0.05) is 16.6 Å². The van der Waals surface area contributed by atoms with Crippen molar-refractivity contribution < 1.29 is 31.6 Å². The molecule has 0 aromatic heterocycles. The highest BCUT2D eigenvalue weighted by atomic mass is 32.2. The Morgan fingerprint density at radius 2 is 1.68 bits per heavy atom. The van der Waals surface area contributed by atoms with Crippen molar-refractivity contribution in [3.05, 3.63) is 48.0 Å². The molecule has 2 aromatic carbocycles. The van der Waals surface area contributed by atoms with Gasteiger partial charge in [-0.05, 0) is 36.4 Å². The van der Waals surface area contributed by atoms with Crippen molar-refractivity contribution in [1.82, 2.24) is 0 Å². The number of methoxy groups -OCH3 is 2. The summed E-state index contributed by atoms with van der Waals surface area (Å²) in [7, 11) is -0.244. The Kier molecular flexibility index (Phi) is 5.68. The predicted octanol–water partition coefficient (Wildman–Crippen LogP) is 3.58. The van der Waals surface area contributed by atoms with Gasteiger partial charge in [-0.25, -0.2) is 4.21 Å². The SMILES string of the molecule is COc1ccc(C(=O)Nc2ccc([S@@](=O)C(F)(F)F)cc2)c(OC)c1. The topological polar surface area (TPSA) is 64.6 Å². The normalized spacial score (nSPS) is 12.4. The van der Waals surface area contributed by atoms with Gasteiger partial charge in [0.1, 0.15) is 11.5 Å². The first kappa shape index (κ1) is 18.8. The number of hydrogen-bond donors (Lipinski definition) is 1. The summed E-state index contributed by atoms with van der Waals surface area (Å²) in [5.74, 6) is 0.281. The standard InChI is InChI=1S/C16H14F3NO4S/c1-23-11-5-8-13(14(9-11)24-2)15(21)20-10-3-6-12(7-4-10)25(22)16(17,18)19/h3-9H,1-2H3,(H,20,21)/t25-/m1/s1. The van der Waals surface area contributed by atoms with Gasteiger partial charge < -0.3 is 14.8 Å². The highest BCUT2D eigenvalue weighted by Crippen LogP contribution is 2.28. The molecule has 0 saturated carbocycles. The van der Waals surface area contributed by atoms with Crippen LogP contribution >= 0.6 is 0 Å².